The number of aromatic nitrogens is 1. The molecule has 0 unspecified atom stereocenters. The molecule has 0 spiro atoms. The fourth-order valence-corrected chi connectivity index (χ4v) is 2.74. The first-order valence-corrected chi connectivity index (χ1v) is 8.01. The first-order chi connectivity index (χ1) is 12.1. The molecule has 0 bridgehead atoms. The molecule has 5 nitrogen and oxygen atoms in total. The lowest BCUT2D eigenvalue weighted by atomic mass is 10.1. The van der Waals surface area contributed by atoms with E-state index in [1.165, 1.54) is 0 Å². The highest BCUT2D eigenvalue weighted by molar-refractivity contribution is 6.10. The largest absolute Gasteiger partial charge is 0.497 e. The molecule has 0 fully saturated rings. The number of nitrogens with one attached hydrogen (secondary N) is 1. The molecule has 128 valence electrons. The SMILES string of the molecule is COc1cccc(CC(=O)O[C@H](C)C(=O)c2c[nH]c3ccccc23)c1. The van der Waals surface area contributed by atoms with Crippen molar-refractivity contribution in [2.45, 2.75) is 19.4 Å². The Morgan fingerprint density at radius 2 is 1.92 bits per heavy atom. The monoisotopic (exact) mass is 337 g/mol. The first kappa shape index (κ1) is 16.8. The zero-order chi connectivity index (χ0) is 17.8. The average molecular weight is 337 g/mol. The van der Waals surface area contributed by atoms with Crippen molar-refractivity contribution in [2.75, 3.05) is 7.11 Å². The number of benzene rings is 2. The van der Waals surface area contributed by atoms with E-state index < -0.39 is 12.1 Å². The van der Waals surface area contributed by atoms with Crippen LogP contribution in [0.3, 0.4) is 0 Å². The number of Topliss-reactive ketones (excluding diaryl/α,β-unsaturated/α-hetero) is 1. The molecular formula is C20H19NO4. The van der Waals surface area contributed by atoms with E-state index in [1.807, 2.05) is 36.4 Å². The van der Waals surface area contributed by atoms with Crippen molar-refractivity contribution in [2.24, 2.45) is 0 Å². The van der Waals surface area contributed by atoms with Gasteiger partial charge in [0.05, 0.1) is 13.5 Å². The van der Waals surface area contributed by atoms with E-state index in [-0.39, 0.29) is 12.2 Å². The Hall–Kier alpha value is -3.08. The van der Waals surface area contributed by atoms with Crippen molar-refractivity contribution in [3.05, 3.63) is 65.9 Å². The minimum atomic E-state index is -0.850. The topological polar surface area (TPSA) is 68.4 Å². The number of fused-ring (bicyclic) bond motifs is 1. The highest BCUT2D eigenvalue weighted by atomic mass is 16.5. The van der Waals surface area contributed by atoms with Gasteiger partial charge in [-0.2, -0.15) is 0 Å². The summed E-state index contributed by atoms with van der Waals surface area (Å²) in [5.41, 5.74) is 2.18. The smallest absolute Gasteiger partial charge is 0.310 e. The number of methoxy groups -OCH3 is 1. The third kappa shape index (κ3) is 3.71. The molecule has 1 N–H and O–H groups in total. The van der Waals surface area contributed by atoms with Crippen LogP contribution in [0.4, 0.5) is 0 Å². The van der Waals surface area contributed by atoms with Gasteiger partial charge >= 0.3 is 5.97 Å². The average Bonchev–Trinajstić information content (AvgIpc) is 3.05. The van der Waals surface area contributed by atoms with E-state index in [0.717, 1.165) is 16.5 Å². The van der Waals surface area contributed by atoms with Crippen LogP contribution in [0.5, 0.6) is 5.75 Å². The third-order valence-corrected chi connectivity index (χ3v) is 4.01. The molecule has 0 aliphatic carbocycles. The summed E-state index contributed by atoms with van der Waals surface area (Å²) in [6.07, 6.45) is 0.888. The van der Waals surface area contributed by atoms with Crippen LogP contribution >= 0.6 is 0 Å². The fraction of sp³-hybridized carbons (Fsp3) is 0.200. The maximum absolute atomic E-state index is 12.6. The van der Waals surface area contributed by atoms with E-state index >= 15 is 0 Å². The number of carbonyl (C=O) groups excluding carboxylic acids is 2. The van der Waals surface area contributed by atoms with Crippen molar-refractivity contribution < 1.29 is 19.1 Å². The summed E-state index contributed by atoms with van der Waals surface area (Å²) in [4.78, 5) is 27.8. The minimum Gasteiger partial charge on any atom is -0.497 e. The van der Waals surface area contributed by atoms with Gasteiger partial charge in [0.25, 0.3) is 0 Å². The Labute approximate surface area is 145 Å². The summed E-state index contributed by atoms with van der Waals surface area (Å²) >= 11 is 0. The molecule has 0 amide bonds. The Kier molecular flexibility index (Phi) is 4.84. The summed E-state index contributed by atoms with van der Waals surface area (Å²) in [7, 11) is 1.57. The van der Waals surface area contributed by atoms with Gasteiger partial charge in [-0.15, -0.1) is 0 Å². The summed E-state index contributed by atoms with van der Waals surface area (Å²) in [5.74, 6) is -0.00129. The number of carbonyl (C=O) groups is 2. The van der Waals surface area contributed by atoms with E-state index in [0.29, 0.717) is 11.3 Å². The predicted octanol–water partition coefficient (Wildman–Crippen LogP) is 3.53. The molecule has 0 radical (unpaired) electrons. The lowest BCUT2D eigenvalue weighted by Crippen LogP contribution is -2.25. The number of hydrogen-bond acceptors (Lipinski definition) is 4. The van der Waals surface area contributed by atoms with Gasteiger partial charge in [0, 0.05) is 22.7 Å². The molecule has 1 atom stereocenters. The summed E-state index contributed by atoms with van der Waals surface area (Å²) < 4.78 is 10.5. The second kappa shape index (κ2) is 7.21. The number of H-pyrrole nitrogens is 1. The van der Waals surface area contributed by atoms with Crippen LogP contribution in [0.25, 0.3) is 10.9 Å². The van der Waals surface area contributed by atoms with Crippen molar-refractivity contribution in [3.63, 3.8) is 0 Å². The molecule has 0 saturated heterocycles. The van der Waals surface area contributed by atoms with Crippen LogP contribution in [0.15, 0.2) is 54.7 Å². The van der Waals surface area contributed by atoms with Gasteiger partial charge in [-0.1, -0.05) is 30.3 Å². The molecule has 2 aromatic carbocycles. The van der Waals surface area contributed by atoms with E-state index in [1.54, 1.807) is 32.4 Å². The second-order valence-electron chi connectivity index (χ2n) is 5.77. The quantitative estimate of drug-likeness (QED) is 0.552. The molecule has 0 aliphatic heterocycles. The molecule has 1 aromatic heterocycles. The van der Waals surface area contributed by atoms with E-state index in [4.69, 9.17) is 9.47 Å². The maximum Gasteiger partial charge on any atom is 0.310 e. The van der Waals surface area contributed by atoms with Gasteiger partial charge in [0.15, 0.2) is 6.10 Å². The molecule has 25 heavy (non-hydrogen) atoms. The maximum atomic E-state index is 12.6. The Morgan fingerprint density at radius 1 is 1.12 bits per heavy atom. The van der Waals surface area contributed by atoms with Gasteiger partial charge in [0.1, 0.15) is 5.75 Å². The Bertz CT molecular complexity index is 913. The predicted molar refractivity (Wildman–Crippen MR) is 94.9 cm³/mol. The highest BCUT2D eigenvalue weighted by Gasteiger charge is 2.22. The lowest BCUT2D eigenvalue weighted by Gasteiger charge is -2.12. The van der Waals surface area contributed by atoms with Crippen LogP contribution in [0.1, 0.15) is 22.8 Å². The van der Waals surface area contributed by atoms with E-state index in [2.05, 4.69) is 4.98 Å². The normalized spacial score (nSPS) is 11.9. The Balaban J connectivity index is 1.67. The highest BCUT2D eigenvalue weighted by Crippen LogP contribution is 2.20. The molecule has 1 heterocycles. The van der Waals surface area contributed by atoms with Crippen LogP contribution in [0, 0.1) is 0 Å². The van der Waals surface area contributed by atoms with Crippen molar-refractivity contribution in [1.29, 1.82) is 0 Å². The zero-order valence-corrected chi connectivity index (χ0v) is 14.1. The zero-order valence-electron chi connectivity index (χ0n) is 14.1. The van der Waals surface area contributed by atoms with Gasteiger partial charge in [-0.3, -0.25) is 9.59 Å². The number of ether oxygens (including phenoxy) is 2. The number of rotatable bonds is 6. The second-order valence-corrected chi connectivity index (χ2v) is 5.77. The molecule has 5 heteroatoms. The van der Waals surface area contributed by atoms with Gasteiger partial charge < -0.3 is 14.5 Å². The van der Waals surface area contributed by atoms with Gasteiger partial charge in [-0.25, -0.2) is 0 Å². The number of esters is 1. The van der Waals surface area contributed by atoms with E-state index in [9.17, 15) is 9.59 Å². The molecular weight excluding hydrogens is 318 g/mol. The number of hydrogen-bond donors (Lipinski definition) is 1. The van der Waals surface area contributed by atoms with Crippen molar-refractivity contribution >= 4 is 22.7 Å². The van der Waals surface area contributed by atoms with Crippen LogP contribution in [-0.4, -0.2) is 30.0 Å². The Morgan fingerprint density at radius 3 is 2.72 bits per heavy atom. The van der Waals surface area contributed by atoms with Crippen LogP contribution in [-0.2, 0) is 16.0 Å². The first-order valence-electron chi connectivity index (χ1n) is 8.01. The third-order valence-electron chi connectivity index (χ3n) is 4.01. The van der Waals surface area contributed by atoms with Crippen molar-refractivity contribution in [1.82, 2.24) is 4.98 Å². The summed E-state index contributed by atoms with van der Waals surface area (Å²) in [6, 6.07) is 14.7. The lowest BCUT2D eigenvalue weighted by molar-refractivity contribution is -0.145. The van der Waals surface area contributed by atoms with Crippen LogP contribution < -0.4 is 4.74 Å². The number of ketones is 1. The van der Waals surface area contributed by atoms with Crippen LogP contribution in [0.2, 0.25) is 0 Å². The standard InChI is InChI=1S/C20H19NO4/c1-13(20(23)17-12-21-18-9-4-3-8-16(17)18)25-19(22)11-14-6-5-7-15(10-14)24-2/h3-10,12-13,21H,11H2,1-2H3/t13-/m1/s1. The fourth-order valence-electron chi connectivity index (χ4n) is 2.74. The molecule has 3 rings (SSSR count). The molecule has 0 aliphatic rings. The molecule has 0 saturated carbocycles. The summed E-state index contributed by atoms with van der Waals surface area (Å²) in [6.45, 7) is 1.59. The van der Waals surface area contributed by atoms with Crippen molar-refractivity contribution in [3.8, 4) is 5.75 Å². The van der Waals surface area contributed by atoms with Gasteiger partial charge in [-0.05, 0) is 30.7 Å². The van der Waals surface area contributed by atoms with Gasteiger partial charge in [0.2, 0.25) is 5.78 Å². The summed E-state index contributed by atoms with van der Waals surface area (Å²) in [5, 5.41) is 0.822. The minimum absolute atomic E-state index is 0.0860. The number of aromatic amines is 1. The molecule has 3 aromatic rings. The number of para-hydroxylation sites is 1.